The molecular formula is C24H24FN3O2. The number of halogens is 1. The highest BCUT2D eigenvalue weighted by Gasteiger charge is 2.45. The van der Waals surface area contributed by atoms with Crippen LogP contribution >= 0.6 is 0 Å². The third-order valence-electron chi connectivity index (χ3n) is 6.40. The summed E-state index contributed by atoms with van der Waals surface area (Å²) in [6, 6.07) is 13.7. The number of rotatable bonds is 3. The van der Waals surface area contributed by atoms with Crippen LogP contribution in [0.3, 0.4) is 0 Å². The number of fused-ring (bicyclic) bond motifs is 1. The number of hydrogen-bond acceptors (Lipinski definition) is 3. The molecule has 1 spiro atoms. The van der Waals surface area contributed by atoms with Gasteiger partial charge in [0.05, 0.1) is 11.1 Å². The number of likely N-dealkylation sites (tertiary alicyclic amines) is 1. The number of piperidine rings is 1. The van der Waals surface area contributed by atoms with Crippen LogP contribution in [0.5, 0.6) is 0 Å². The molecule has 0 unspecified atom stereocenters. The minimum atomic E-state index is -0.490. The standard InChI is InChI=1S/C24H24FN3O2/c25-20-7-6-17(13-27-11-8-22(29)18-4-1-2-5-21(18)27)12-19(20)23(30)28-15-24(16-28)9-3-10-26-14-24/h1-2,4-8,11-12,26H,3,9-10,13-16H2. The summed E-state index contributed by atoms with van der Waals surface area (Å²) in [5.74, 6) is -0.730. The Morgan fingerprint density at radius 3 is 2.77 bits per heavy atom. The number of hydrogen-bond donors (Lipinski definition) is 1. The van der Waals surface area contributed by atoms with Crippen LogP contribution in [-0.2, 0) is 6.54 Å². The van der Waals surface area contributed by atoms with Gasteiger partial charge in [-0.15, -0.1) is 0 Å². The largest absolute Gasteiger partial charge is 0.343 e. The van der Waals surface area contributed by atoms with E-state index in [4.69, 9.17) is 0 Å². The predicted molar refractivity (Wildman–Crippen MR) is 114 cm³/mol. The molecule has 2 aromatic carbocycles. The molecule has 1 aromatic heterocycles. The average Bonchev–Trinajstić information content (AvgIpc) is 2.75. The molecule has 2 saturated heterocycles. The van der Waals surface area contributed by atoms with Gasteiger partial charge in [-0.25, -0.2) is 4.39 Å². The molecular weight excluding hydrogens is 381 g/mol. The molecule has 5 nitrogen and oxygen atoms in total. The van der Waals surface area contributed by atoms with Crippen LogP contribution in [-0.4, -0.2) is 41.6 Å². The second kappa shape index (κ2) is 7.36. The van der Waals surface area contributed by atoms with Crippen LogP contribution in [0.4, 0.5) is 4.39 Å². The molecule has 6 heteroatoms. The van der Waals surface area contributed by atoms with Crippen molar-refractivity contribution in [1.29, 1.82) is 0 Å². The van der Waals surface area contributed by atoms with Crippen molar-refractivity contribution in [2.75, 3.05) is 26.2 Å². The molecule has 0 bridgehead atoms. The number of nitrogens with zero attached hydrogens (tertiary/aromatic N) is 2. The first-order valence-corrected chi connectivity index (χ1v) is 10.4. The fourth-order valence-electron chi connectivity index (χ4n) is 4.81. The smallest absolute Gasteiger partial charge is 0.256 e. The van der Waals surface area contributed by atoms with E-state index in [0.717, 1.165) is 37.0 Å². The Hall–Kier alpha value is -2.99. The highest BCUT2D eigenvalue weighted by Crippen LogP contribution is 2.37. The van der Waals surface area contributed by atoms with E-state index in [1.807, 2.05) is 22.8 Å². The van der Waals surface area contributed by atoms with Crippen LogP contribution in [0, 0.1) is 11.2 Å². The van der Waals surface area contributed by atoms with Gasteiger partial charge in [0.25, 0.3) is 5.91 Å². The summed E-state index contributed by atoms with van der Waals surface area (Å²) in [5.41, 5.74) is 1.90. The summed E-state index contributed by atoms with van der Waals surface area (Å²) in [5, 5.41) is 4.05. The van der Waals surface area contributed by atoms with E-state index in [1.165, 1.54) is 12.1 Å². The third kappa shape index (κ3) is 3.31. The van der Waals surface area contributed by atoms with E-state index in [1.54, 1.807) is 29.3 Å². The van der Waals surface area contributed by atoms with Crippen molar-refractivity contribution < 1.29 is 9.18 Å². The van der Waals surface area contributed by atoms with Crippen LogP contribution in [0.25, 0.3) is 10.9 Å². The summed E-state index contributed by atoms with van der Waals surface area (Å²) in [4.78, 5) is 26.8. The minimum absolute atomic E-state index is 0.0271. The molecule has 2 aliphatic heterocycles. The lowest BCUT2D eigenvalue weighted by Crippen LogP contribution is -2.63. The monoisotopic (exact) mass is 405 g/mol. The number of pyridine rings is 1. The first-order chi connectivity index (χ1) is 14.5. The molecule has 0 saturated carbocycles. The first kappa shape index (κ1) is 19.0. The Balaban J connectivity index is 1.39. The Morgan fingerprint density at radius 2 is 1.97 bits per heavy atom. The van der Waals surface area contributed by atoms with Crippen molar-refractivity contribution in [3.05, 3.63) is 81.9 Å². The maximum Gasteiger partial charge on any atom is 0.256 e. The normalized spacial score (nSPS) is 17.8. The van der Waals surface area contributed by atoms with Gasteiger partial charge in [0.1, 0.15) is 5.82 Å². The molecule has 2 fully saturated rings. The topological polar surface area (TPSA) is 54.3 Å². The maximum atomic E-state index is 14.5. The average molecular weight is 405 g/mol. The number of amides is 1. The van der Waals surface area contributed by atoms with Crippen LogP contribution in [0.1, 0.15) is 28.8 Å². The Kier molecular flexibility index (Phi) is 4.66. The predicted octanol–water partition coefficient (Wildman–Crippen LogP) is 3.01. The molecule has 154 valence electrons. The summed E-state index contributed by atoms with van der Waals surface area (Å²) in [6.07, 6.45) is 3.98. The number of aromatic nitrogens is 1. The molecule has 0 atom stereocenters. The minimum Gasteiger partial charge on any atom is -0.343 e. The summed E-state index contributed by atoms with van der Waals surface area (Å²) in [6.45, 7) is 3.79. The Morgan fingerprint density at radius 1 is 1.13 bits per heavy atom. The molecule has 1 N–H and O–H groups in total. The van der Waals surface area contributed by atoms with Crippen LogP contribution in [0.2, 0.25) is 0 Å². The van der Waals surface area contributed by atoms with E-state index in [2.05, 4.69) is 5.32 Å². The van der Waals surface area contributed by atoms with Gasteiger partial charge in [-0.05, 0) is 49.2 Å². The van der Waals surface area contributed by atoms with Gasteiger partial charge in [-0.1, -0.05) is 18.2 Å². The number of nitrogens with one attached hydrogen (secondary N) is 1. The summed E-state index contributed by atoms with van der Waals surface area (Å²) >= 11 is 0. The lowest BCUT2D eigenvalue weighted by molar-refractivity contribution is -0.00752. The zero-order valence-electron chi connectivity index (χ0n) is 16.7. The molecule has 0 radical (unpaired) electrons. The third-order valence-corrected chi connectivity index (χ3v) is 6.40. The van der Waals surface area contributed by atoms with Gasteiger partial charge >= 0.3 is 0 Å². The number of benzene rings is 2. The zero-order chi connectivity index (χ0) is 20.7. The Labute approximate surface area is 174 Å². The number of carbonyl (C=O) groups excluding carboxylic acids is 1. The lowest BCUT2D eigenvalue weighted by Gasteiger charge is -2.52. The van der Waals surface area contributed by atoms with Crippen LogP contribution in [0.15, 0.2) is 59.5 Å². The van der Waals surface area contributed by atoms with E-state index in [0.29, 0.717) is 25.0 Å². The van der Waals surface area contributed by atoms with Gasteiger partial charge in [0.2, 0.25) is 0 Å². The fraction of sp³-hybridized carbons (Fsp3) is 0.333. The summed E-state index contributed by atoms with van der Waals surface area (Å²) in [7, 11) is 0. The van der Waals surface area contributed by atoms with Gasteiger partial charge in [-0.3, -0.25) is 9.59 Å². The van der Waals surface area contributed by atoms with Gasteiger partial charge in [0, 0.05) is 49.2 Å². The summed E-state index contributed by atoms with van der Waals surface area (Å²) < 4.78 is 16.5. The van der Waals surface area contributed by atoms with E-state index >= 15 is 0 Å². The highest BCUT2D eigenvalue weighted by atomic mass is 19.1. The first-order valence-electron chi connectivity index (χ1n) is 10.4. The van der Waals surface area contributed by atoms with Crippen molar-refractivity contribution in [3.63, 3.8) is 0 Å². The molecule has 3 heterocycles. The Bertz CT molecular complexity index is 1170. The second-order valence-electron chi connectivity index (χ2n) is 8.58. The van der Waals surface area contributed by atoms with E-state index < -0.39 is 5.82 Å². The molecule has 5 rings (SSSR count). The van der Waals surface area contributed by atoms with Crippen molar-refractivity contribution in [2.24, 2.45) is 5.41 Å². The van der Waals surface area contributed by atoms with Crippen LogP contribution < -0.4 is 10.7 Å². The van der Waals surface area contributed by atoms with E-state index in [-0.39, 0.29) is 22.3 Å². The van der Waals surface area contributed by atoms with Crippen molar-refractivity contribution >= 4 is 16.8 Å². The SMILES string of the molecule is O=C(c1cc(Cn2ccc(=O)c3ccccc32)ccc1F)N1CC2(CCCNC2)C1. The van der Waals surface area contributed by atoms with Crippen molar-refractivity contribution in [1.82, 2.24) is 14.8 Å². The number of carbonyl (C=O) groups is 1. The molecule has 3 aromatic rings. The van der Waals surface area contributed by atoms with Crippen molar-refractivity contribution in [2.45, 2.75) is 19.4 Å². The molecule has 0 aliphatic carbocycles. The van der Waals surface area contributed by atoms with E-state index in [9.17, 15) is 14.0 Å². The maximum absolute atomic E-state index is 14.5. The number of para-hydroxylation sites is 1. The molecule has 1 amide bonds. The second-order valence-corrected chi connectivity index (χ2v) is 8.58. The van der Waals surface area contributed by atoms with Gasteiger partial charge in [-0.2, -0.15) is 0 Å². The molecule has 2 aliphatic rings. The van der Waals surface area contributed by atoms with Crippen molar-refractivity contribution in [3.8, 4) is 0 Å². The zero-order valence-corrected chi connectivity index (χ0v) is 16.7. The quantitative estimate of drug-likeness (QED) is 0.729. The molecule has 30 heavy (non-hydrogen) atoms. The van der Waals surface area contributed by atoms with Gasteiger partial charge < -0.3 is 14.8 Å². The fourth-order valence-corrected chi connectivity index (χ4v) is 4.81. The lowest BCUT2D eigenvalue weighted by atomic mass is 9.74. The van der Waals surface area contributed by atoms with Gasteiger partial charge in [0.15, 0.2) is 5.43 Å². The highest BCUT2D eigenvalue weighted by molar-refractivity contribution is 5.95.